The van der Waals surface area contributed by atoms with E-state index in [0.29, 0.717) is 6.54 Å². The lowest BCUT2D eigenvalue weighted by atomic mass is 10.1. The van der Waals surface area contributed by atoms with Crippen LogP contribution in [0.3, 0.4) is 0 Å². The zero-order valence-corrected chi connectivity index (χ0v) is 11.4. The van der Waals surface area contributed by atoms with Crippen LogP contribution >= 0.6 is 15.9 Å². The van der Waals surface area contributed by atoms with Crippen LogP contribution in [0, 0.1) is 6.92 Å². The number of halogens is 1. The highest BCUT2D eigenvalue weighted by Gasteiger charge is 2.10. The van der Waals surface area contributed by atoms with Gasteiger partial charge in [-0.15, -0.1) is 0 Å². The first kappa shape index (κ1) is 12.3. The number of hydrogen-bond acceptors (Lipinski definition) is 4. The van der Waals surface area contributed by atoms with Crippen LogP contribution in [0.25, 0.3) is 0 Å². The molecule has 4 nitrogen and oxygen atoms in total. The summed E-state index contributed by atoms with van der Waals surface area (Å²) in [6, 6.07) is 8.40. The molecular formula is C12H14BrN3O. The van der Waals surface area contributed by atoms with Crippen molar-refractivity contribution in [2.75, 3.05) is 0 Å². The van der Waals surface area contributed by atoms with Crippen molar-refractivity contribution >= 4 is 15.9 Å². The van der Waals surface area contributed by atoms with E-state index in [-0.39, 0.29) is 6.04 Å². The average molecular weight is 296 g/mol. The third-order valence-corrected chi connectivity index (χ3v) is 3.42. The van der Waals surface area contributed by atoms with Crippen molar-refractivity contribution < 1.29 is 4.63 Å². The van der Waals surface area contributed by atoms with Crippen LogP contribution in [0.15, 0.2) is 33.4 Å². The van der Waals surface area contributed by atoms with Crippen LogP contribution in [0.5, 0.6) is 0 Å². The van der Waals surface area contributed by atoms with Gasteiger partial charge < -0.3 is 5.32 Å². The fraction of sp³-hybridized carbons (Fsp3) is 0.333. The largest absolute Gasteiger partial charge is 0.304 e. The molecule has 2 aromatic rings. The van der Waals surface area contributed by atoms with Crippen molar-refractivity contribution in [3.63, 3.8) is 0 Å². The molecule has 0 radical (unpaired) electrons. The van der Waals surface area contributed by atoms with Crippen molar-refractivity contribution in [2.24, 2.45) is 0 Å². The maximum absolute atomic E-state index is 4.66. The highest BCUT2D eigenvalue weighted by atomic mass is 79.9. The van der Waals surface area contributed by atoms with E-state index in [1.165, 1.54) is 5.56 Å². The summed E-state index contributed by atoms with van der Waals surface area (Å²) in [6.07, 6.45) is 0. The van der Waals surface area contributed by atoms with Gasteiger partial charge in [0.05, 0.1) is 0 Å². The van der Waals surface area contributed by atoms with Crippen molar-refractivity contribution in [2.45, 2.75) is 26.4 Å². The normalized spacial score (nSPS) is 12.6. The third kappa shape index (κ3) is 2.92. The van der Waals surface area contributed by atoms with E-state index in [0.717, 1.165) is 15.9 Å². The van der Waals surface area contributed by atoms with E-state index in [2.05, 4.69) is 49.2 Å². The average Bonchev–Trinajstić information content (AvgIpc) is 2.72. The Bertz CT molecular complexity index is 498. The van der Waals surface area contributed by atoms with Gasteiger partial charge in [-0.2, -0.15) is 0 Å². The summed E-state index contributed by atoms with van der Waals surface area (Å²) < 4.78 is 5.76. The second-order valence-corrected chi connectivity index (χ2v) is 4.77. The number of rotatable bonds is 4. The second kappa shape index (κ2) is 5.42. The molecule has 2 rings (SSSR count). The number of nitrogens with one attached hydrogen (secondary N) is 1. The molecule has 0 unspecified atom stereocenters. The van der Waals surface area contributed by atoms with E-state index in [9.17, 15) is 0 Å². The van der Waals surface area contributed by atoms with Crippen LogP contribution in [0.1, 0.15) is 29.9 Å². The molecule has 0 fully saturated rings. The van der Waals surface area contributed by atoms with Crippen molar-refractivity contribution in [3.05, 3.63) is 45.7 Å². The van der Waals surface area contributed by atoms with Gasteiger partial charge in [0.2, 0.25) is 0 Å². The quantitative estimate of drug-likeness (QED) is 0.942. The van der Waals surface area contributed by atoms with Gasteiger partial charge in [-0.25, -0.2) is 4.63 Å². The van der Waals surface area contributed by atoms with Crippen molar-refractivity contribution in [1.82, 2.24) is 15.6 Å². The second-order valence-electron chi connectivity index (χ2n) is 3.92. The summed E-state index contributed by atoms with van der Waals surface area (Å²) in [5.74, 6) is 0. The predicted molar refractivity (Wildman–Crippen MR) is 68.4 cm³/mol. The summed E-state index contributed by atoms with van der Waals surface area (Å²) in [5.41, 5.74) is 2.90. The van der Waals surface area contributed by atoms with Gasteiger partial charge in [-0.1, -0.05) is 44.4 Å². The molecule has 90 valence electrons. The lowest BCUT2D eigenvalue weighted by Crippen LogP contribution is -2.19. The Labute approximate surface area is 109 Å². The first-order valence-electron chi connectivity index (χ1n) is 5.44. The molecule has 0 aliphatic rings. The Balaban J connectivity index is 2.01. The predicted octanol–water partition coefficient (Wildman–Crippen LogP) is 2.99. The van der Waals surface area contributed by atoms with Crippen molar-refractivity contribution in [1.29, 1.82) is 0 Å². The van der Waals surface area contributed by atoms with Crippen LogP contribution in [0.4, 0.5) is 0 Å². The molecule has 1 heterocycles. The van der Waals surface area contributed by atoms with Crippen LogP contribution < -0.4 is 5.32 Å². The molecule has 17 heavy (non-hydrogen) atoms. The number of benzene rings is 1. The summed E-state index contributed by atoms with van der Waals surface area (Å²) in [7, 11) is 0. The Morgan fingerprint density at radius 3 is 2.76 bits per heavy atom. The highest BCUT2D eigenvalue weighted by molar-refractivity contribution is 9.10. The van der Waals surface area contributed by atoms with E-state index in [1.807, 2.05) is 25.1 Å². The van der Waals surface area contributed by atoms with Gasteiger partial charge in [-0.05, 0) is 25.5 Å². The first-order valence-corrected chi connectivity index (χ1v) is 6.23. The monoisotopic (exact) mass is 295 g/mol. The number of aromatic nitrogens is 2. The summed E-state index contributed by atoms with van der Waals surface area (Å²) >= 11 is 3.54. The molecule has 0 aliphatic carbocycles. The van der Waals surface area contributed by atoms with Gasteiger partial charge >= 0.3 is 0 Å². The molecule has 0 saturated heterocycles. The molecule has 0 spiro atoms. The van der Waals surface area contributed by atoms with E-state index >= 15 is 0 Å². The highest BCUT2D eigenvalue weighted by Crippen LogP contribution is 2.22. The topological polar surface area (TPSA) is 51.0 Å². The summed E-state index contributed by atoms with van der Waals surface area (Å²) in [5, 5.41) is 11.0. The minimum Gasteiger partial charge on any atom is -0.304 e. The van der Waals surface area contributed by atoms with E-state index in [1.54, 1.807) is 0 Å². The Morgan fingerprint density at radius 2 is 2.12 bits per heavy atom. The van der Waals surface area contributed by atoms with Crippen LogP contribution in [-0.4, -0.2) is 10.3 Å². The summed E-state index contributed by atoms with van der Waals surface area (Å²) in [6.45, 7) is 4.65. The molecule has 1 aromatic carbocycles. The summed E-state index contributed by atoms with van der Waals surface area (Å²) in [4.78, 5) is 0. The Kier molecular flexibility index (Phi) is 3.91. The molecule has 1 atom stereocenters. The molecule has 0 amide bonds. The standard InChI is InChI=1S/C12H14BrN3O/c1-8(10-5-3-4-6-11(10)13)14-7-12-9(2)15-17-16-12/h3-6,8,14H,7H2,1-2H3/t8-/m1/s1. The Morgan fingerprint density at radius 1 is 1.35 bits per heavy atom. The van der Waals surface area contributed by atoms with E-state index in [4.69, 9.17) is 0 Å². The Hall–Kier alpha value is -1.20. The minimum atomic E-state index is 0.238. The van der Waals surface area contributed by atoms with Gasteiger partial charge in [0.25, 0.3) is 0 Å². The molecular weight excluding hydrogens is 282 g/mol. The number of nitrogens with zero attached hydrogens (tertiary/aromatic N) is 2. The number of aryl methyl sites for hydroxylation is 1. The van der Waals surface area contributed by atoms with E-state index < -0.39 is 0 Å². The zero-order chi connectivity index (χ0) is 12.3. The van der Waals surface area contributed by atoms with Crippen molar-refractivity contribution in [3.8, 4) is 0 Å². The van der Waals surface area contributed by atoms with Crippen LogP contribution in [0.2, 0.25) is 0 Å². The fourth-order valence-corrected chi connectivity index (χ4v) is 2.22. The molecule has 5 heteroatoms. The fourth-order valence-electron chi connectivity index (χ4n) is 1.60. The van der Waals surface area contributed by atoms with Gasteiger partial charge in [0.1, 0.15) is 11.4 Å². The molecule has 0 bridgehead atoms. The zero-order valence-electron chi connectivity index (χ0n) is 9.77. The third-order valence-electron chi connectivity index (χ3n) is 2.69. The van der Waals surface area contributed by atoms with Gasteiger partial charge in [0, 0.05) is 17.1 Å². The lowest BCUT2D eigenvalue weighted by molar-refractivity contribution is 0.300. The van der Waals surface area contributed by atoms with Gasteiger partial charge in [0.15, 0.2) is 0 Å². The van der Waals surface area contributed by atoms with Crippen LogP contribution in [-0.2, 0) is 6.54 Å². The van der Waals surface area contributed by atoms with Gasteiger partial charge in [-0.3, -0.25) is 0 Å². The maximum Gasteiger partial charge on any atom is 0.121 e. The minimum absolute atomic E-state index is 0.238. The first-order chi connectivity index (χ1) is 8.18. The molecule has 1 N–H and O–H groups in total. The smallest absolute Gasteiger partial charge is 0.121 e. The SMILES string of the molecule is Cc1nonc1CN[C@H](C)c1ccccc1Br. The lowest BCUT2D eigenvalue weighted by Gasteiger charge is -2.14. The molecule has 0 aliphatic heterocycles. The maximum atomic E-state index is 4.66. The number of hydrogen-bond donors (Lipinski definition) is 1. The molecule has 0 saturated carbocycles. The molecule has 1 aromatic heterocycles.